The Balaban J connectivity index is 0.000000416. The van der Waals surface area contributed by atoms with Crippen LogP contribution in [-0.2, 0) is 4.74 Å². The normalized spacial score (nSPS) is 21.3. The number of piperidine rings is 1. The number of methoxy groups -OCH3 is 1. The summed E-state index contributed by atoms with van der Waals surface area (Å²) in [7, 11) is 1.59. The van der Waals surface area contributed by atoms with Gasteiger partial charge in [-0.3, -0.25) is 0 Å². The van der Waals surface area contributed by atoms with Crippen molar-refractivity contribution >= 4 is 12.0 Å². The molecule has 2 unspecified atom stereocenters. The Kier molecular flexibility index (Phi) is 8.27. The maximum Gasteiger partial charge on any atom is 0.410 e. The van der Waals surface area contributed by atoms with Crippen molar-refractivity contribution in [2.45, 2.75) is 57.3 Å². The Labute approximate surface area is 190 Å². The monoisotopic (exact) mass is 442 g/mol. The zero-order valence-corrected chi connectivity index (χ0v) is 19.2. The zero-order chi connectivity index (χ0) is 23.0. The first kappa shape index (κ1) is 23.8. The van der Waals surface area contributed by atoms with Crippen molar-refractivity contribution in [3.8, 4) is 5.75 Å². The van der Waals surface area contributed by atoms with Crippen molar-refractivity contribution in [3.63, 3.8) is 0 Å². The molecule has 2 aliphatic rings. The molecule has 0 saturated carbocycles. The summed E-state index contributed by atoms with van der Waals surface area (Å²) in [5, 5.41) is 9.93. The number of aromatic nitrogens is 2. The number of benzene rings is 1. The largest absolute Gasteiger partial charge is 0.494 e. The molecule has 174 valence electrons. The van der Waals surface area contributed by atoms with Crippen molar-refractivity contribution in [1.82, 2.24) is 14.9 Å². The molecular formula is C24H34N4O4. The second-order valence-electron chi connectivity index (χ2n) is 8.82. The maximum absolute atomic E-state index is 12.5. The number of ether oxygens (including phenoxy) is 2. The minimum absolute atomic E-state index is 0.0880. The molecule has 0 spiro atoms. The number of carbonyl (C=O) groups excluding carboxylic acids is 1. The third-order valence-electron chi connectivity index (χ3n) is 5.56. The minimum atomic E-state index is -0.833. The van der Waals surface area contributed by atoms with Crippen LogP contribution in [0.25, 0.3) is 0 Å². The van der Waals surface area contributed by atoms with Crippen LogP contribution in [0.1, 0.15) is 39.5 Å². The molecule has 2 atom stereocenters. The third-order valence-corrected chi connectivity index (χ3v) is 5.56. The van der Waals surface area contributed by atoms with Crippen LogP contribution in [0.15, 0.2) is 48.8 Å². The van der Waals surface area contributed by atoms with E-state index >= 15 is 0 Å². The summed E-state index contributed by atoms with van der Waals surface area (Å²) in [4.78, 5) is 25.1. The van der Waals surface area contributed by atoms with Gasteiger partial charge in [0.15, 0.2) is 5.75 Å². The Hall–Kier alpha value is -2.87. The van der Waals surface area contributed by atoms with E-state index in [4.69, 9.17) is 9.47 Å². The van der Waals surface area contributed by atoms with E-state index in [1.54, 1.807) is 33.4 Å². The van der Waals surface area contributed by atoms with Crippen LogP contribution in [0.5, 0.6) is 5.75 Å². The van der Waals surface area contributed by atoms with Crippen molar-refractivity contribution in [3.05, 3.63) is 48.8 Å². The van der Waals surface area contributed by atoms with Gasteiger partial charge in [0, 0.05) is 32.5 Å². The number of rotatable bonds is 5. The van der Waals surface area contributed by atoms with Crippen LogP contribution in [-0.4, -0.2) is 70.6 Å². The van der Waals surface area contributed by atoms with E-state index < -0.39 is 5.60 Å². The molecule has 8 heteroatoms. The summed E-state index contributed by atoms with van der Waals surface area (Å²) in [5.74, 6) is 1.28. The fraction of sp³-hybridized carbons (Fsp3) is 0.542. The van der Waals surface area contributed by atoms with Gasteiger partial charge in [-0.2, -0.15) is 0 Å². The number of amides is 1. The smallest absolute Gasteiger partial charge is 0.410 e. The van der Waals surface area contributed by atoms with Crippen LogP contribution in [0, 0.1) is 0 Å². The molecule has 1 aromatic carbocycles. The van der Waals surface area contributed by atoms with Gasteiger partial charge in [0.2, 0.25) is 5.95 Å². The van der Waals surface area contributed by atoms with E-state index in [9.17, 15) is 9.90 Å². The number of cyclic esters (lactones) is 1. The van der Waals surface area contributed by atoms with Gasteiger partial charge >= 0.3 is 6.09 Å². The summed E-state index contributed by atoms with van der Waals surface area (Å²) in [6.07, 6.45) is 5.92. The summed E-state index contributed by atoms with van der Waals surface area (Å²) < 4.78 is 10.7. The van der Waals surface area contributed by atoms with Gasteiger partial charge in [-0.15, -0.1) is 0 Å². The molecule has 0 radical (unpaired) electrons. The number of carbonyl (C=O) groups is 1. The van der Waals surface area contributed by atoms with E-state index in [0.29, 0.717) is 31.2 Å². The molecule has 2 aromatic rings. The lowest BCUT2D eigenvalue weighted by molar-refractivity contribution is -0.0327. The molecule has 3 heterocycles. The average Bonchev–Trinajstić information content (AvgIpc) is 2.80. The predicted molar refractivity (Wildman–Crippen MR) is 123 cm³/mol. The van der Waals surface area contributed by atoms with Gasteiger partial charge in [-0.1, -0.05) is 36.4 Å². The average molecular weight is 443 g/mol. The molecule has 4 rings (SSSR count). The van der Waals surface area contributed by atoms with Crippen molar-refractivity contribution in [2.24, 2.45) is 0 Å². The molecular weight excluding hydrogens is 408 g/mol. The van der Waals surface area contributed by atoms with Crippen molar-refractivity contribution in [1.29, 1.82) is 0 Å². The molecule has 2 aliphatic heterocycles. The highest BCUT2D eigenvalue weighted by atomic mass is 16.6. The number of hydrogen-bond donors (Lipinski definition) is 1. The fourth-order valence-electron chi connectivity index (χ4n) is 4.03. The summed E-state index contributed by atoms with van der Waals surface area (Å²) in [5.41, 5.74) is -0.833. The predicted octanol–water partition coefficient (Wildman–Crippen LogP) is 3.51. The standard InChI is InChI=1S/C18H28N4O4.C6H6/c1-18(2,24)9-14-6-8-22(17(23)26-14)13-5-4-7-21(12-13)16-19-10-15(25-3)11-20-16;1-2-4-6-5-3-1/h10-11,13-14,24H,4-9,12H2,1-3H3;1-6H. The molecule has 1 N–H and O–H groups in total. The van der Waals surface area contributed by atoms with Crippen LogP contribution in [0.4, 0.5) is 10.7 Å². The number of aliphatic hydroxyl groups is 1. The first-order valence-corrected chi connectivity index (χ1v) is 11.2. The molecule has 1 aromatic heterocycles. The van der Waals surface area contributed by atoms with E-state index in [0.717, 1.165) is 25.8 Å². The molecule has 8 nitrogen and oxygen atoms in total. The molecule has 2 fully saturated rings. The number of nitrogens with zero attached hydrogens (tertiary/aromatic N) is 4. The third kappa shape index (κ3) is 7.09. The fourth-order valence-corrected chi connectivity index (χ4v) is 4.03. The molecule has 0 bridgehead atoms. The highest BCUT2D eigenvalue weighted by molar-refractivity contribution is 5.69. The Morgan fingerprint density at radius 3 is 2.25 bits per heavy atom. The van der Waals surface area contributed by atoms with Crippen LogP contribution < -0.4 is 9.64 Å². The number of anilines is 1. The minimum Gasteiger partial charge on any atom is -0.494 e. The lowest BCUT2D eigenvalue weighted by Gasteiger charge is -2.42. The van der Waals surface area contributed by atoms with E-state index in [1.165, 1.54) is 0 Å². The van der Waals surface area contributed by atoms with E-state index in [-0.39, 0.29) is 18.2 Å². The lowest BCUT2D eigenvalue weighted by atomic mass is 9.97. The van der Waals surface area contributed by atoms with Gasteiger partial charge in [0.25, 0.3) is 0 Å². The summed E-state index contributed by atoms with van der Waals surface area (Å²) >= 11 is 0. The Morgan fingerprint density at radius 1 is 1.09 bits per heavy atom. The molecule has 0 aliphatic carbocycles. The quantitative estimate of drug-likeness (QED) is 0.758. The van der Waals surface area contributed by atoms with Crippen molar-refractivity contribution < 1.29 is 19.4 Å². The molecule has 2 saturated heterocycles. The zero-order valence-electron chi connectivity index (χ0n) is 19.2. The molecule has 32 heavy (non-hydrogen) atoms. The summed E-state index contributed by atoms with van der Waals surface area (Å²) in [6.45, 7) is 5.69. The Bertz CT molecular complexity index is 799. The second-order valence-corrected chi connectivity index (χ2v) is 8.82. The lowest BCUT2D eigenvalue weighted by Crippen LogP contribution is -2.54. The van der Waals surface area contributed by atoms with E-state index in [1.807, 2.05) is 41.3 Å². The first-order chi connectivity index (χ1) is 15.4. The topological polar surface area (TPSA) is 88.0 Å². The van der Waals surface area contributed by atoms with Crippen LogP contribution in [0.3, 0.4) is 0 Å². The van der Waals surface area contributed by atoms with Gasteiger partial charge in [0.1, 0.15) is 6.10 Å². The Morgan fingerprint density at radius 2 is 1.72 bits per heavy atom. The SMILES string of the molecule is COc1cnc(N2CCCC(N3CCC(CC(C)(C)O)OC3=O)C2)nc1.c1ccccc1. The number of hydrogen-bond acceptors (Lipinski definition) is 7. The van der Waals surface area contributed by atoms with Gasteiger partial charge < -0.3 is 24.4 Å². The second kappa shape index (κ2) is 11.1. The molecule has 1 amide bonds. The van der Waals surface area contributed by atoms with Crippen molar-refractivity contribution in [2.75, 3.05) is 31.6 Å². The highest BCUT2D eigenvalue weighted by Crippen LogP contribution is 2.26. The van der Waals surface area contributed by atoms with Crippen LogP contribution in [0.2, 0.25) is 0 Å². The maximum atomic E-state index is 12.5. The first-order valence-electron chi connectivity index (χ1n) is 11.2. The van der Waals surface area contributed by atoms with Gasteiger partial charge in [-0.05, 0) is 26.7 Å². The van der Waals surface area contributed by atoms with Gasteiger partial charge in [-0.25, -0.2) is 14.8 Å². The van der Waals surface area contributed by atoms with Gasteiger partial charge in [0.05, 0.1) is 31.1 Å². The van der Waals surface area contributed by atoms with Crippen LogP contribution >= 0.6 is 0 Å². The summed E-state index contributed by atoms with van der Waals surface area (Å²) in [6, 6.07) is 12.1. The van der Waals surface area contributed by atoms with E-state index in [2.05, 4.69) is 14.9 Å². The highest BCUT2D eigenvalue weighted by Gasteiger charge is 2.36.